The summed E-state index contributed by atoms with van der Waals surface area (Å²) in [5.74, 6) is 0. The van der Waals surface area contributed by atoms with Crippen LogP contribution in [0.3, 0.4) is 0 Å². The Labute approximate surface area is 120 Å². The van der Waals surface area contributed by atoms with Crippen LogP contribution < -0.4 is 29.6 Å². The van der Waals surface area contributed by atoms with Gasteiger partial charge >= 0.3 is 29.6 Å². The molecular weight excluding hydrogens is 275 g/mol. The minimum atomic E-state index is -2.86. The van der Waals surface area contributed by atoms with E-state index < -0.39 is 22.7 Å². The molecular formula is C5H10NaO8S2-. The molecule has 0 spiro atoms. The predicted molar refractivity (Wildman–Crippen MR) is 49.1 cm³/mol. The number of hydrogen-bond acceptors (Lipinski definition) is 6. The molecule has 2 atom stereocenters. The Morgan fingerprint density at radius 3 is 1.25 bits per heavy atom. The molecule has 0 aromatic rings. The van der Waals surface area contributed by atoms with Crippen molar-refractivity contribution in [2.75, 3.05) is 0 Å². The summed E-state index contributed by atoms with van der Waals surface area (Å²) in [4.78, 5) is 19.1. The van der Waals surface area contributed by atoms with Crippen LogP contribution in [0.15, 0.2) is 0 Å². The number of rotatable bonds is 4. The molecule has 0 bridgehead atoms. The van der Waals surface area contributed by atoms with Gasteiger partial charge in [0, 0.05) is 12.8 Å². The van der Waals surface area contributed by atoms with Crippen LogP contribution in [-0.4, -0.2) is 39.2 Å². The topological polar surface area (TPSA) is 155 Å². The van der Waals surface area contributed by atoms with Crippen LogP contribution in [0, 0.1) is 0 Å². The molecule has 0 aromatic carbocycles. The van der Waals surface area contributed by atoms with Crippen LogP contribution in [0.25, 0.3) is 0 Å². The Morgan fingerprint density at radius 1 is 0.938 bits per heavy atom. The summed E-state index contributed by atoms with van der Waals surface area (Å²) < 4.78 is 48.2. The first-order valence-corrected chi connectivity index (χ1v) is 5.38. The van der Waals surface area contributed by atoms with Crippen molar-refractivity contribution in [3.05, 3.63) is 0 Å². The summed E-state index contributed by atoms with van der Waals surface area (Å²) in [7, 11) is 0. The van der Waals surface area contributed by atoms with Crippen LogP contribution in [0.1, 0.15) is 19.3 Å². The van der Waals surface area contributed by atoms with E-state index in [1.807, 2.05) is 0 Å². The summed E-state index contributed by atoms with van der Waals surface area (Å²) in [6.07, 6.45) is 3.37. The second-order valence-corrected chi connectivity index (χ2v) is 2.57. The summed E-state index contributed by atoms with van der Waals surface area (Å²) in [5, 5.41) is 0. The van der Waals surface area contributed by atoms with Crippen molar-refractivity contribution in [2.24, 2.45) is 0 Å². The van der Waals surface area contributed by atoms with Gasteiger partial charge in [-0.3, -0.25) is 0 Å². The molecule has 0 rings (SSSR count). The number of carbonyl (C=O) groups excluding carboxylic acids is 2. The van der Waals surface area contributed by atoms with Crippen LogP contribution in [0.2, 0.25) is 0 Å². The molecule has 0 heterocycles. The van der Waals surface area contributed by atoms with E-state index in [1.54, 1.807) is 0 Å². The van der Waals surface area contributed by atoms with E-state index in [4.69, 9.17) is 26.6 Å². The van der Waals surface area contributed by atoms with Crippen molar-refractivity contribution in [1.82, 2.24) is 0 Å². The smallest absolute Gasteiger partial charge is 0.750 e. The van der Waals surface area contributed by atoms with Crippen molar-refractivity contribution >= 4 is 35.3 Å². The van der Waals surface area contributed by atoms with Gasteiger partial charge in [0.15, 0.2) is 0 Å². The van der Waals surface area contributed by atoms with E-state index >= 15 is 0 Å². The maximum Gasteiger partial charge on any atom is 1.00 e. The molecule has 0 saturated carbocycles. The molecule has 0 aromatic heterocycles. The molecule has 92 valence electrons. The fourth-order valence-electron chi connectivity index (χ4n) is 0.285. The van der Waals surface area contributed by atoms with Gasteiger partial charge in [-0.25, -0.2) is 8.42 Å². The van der Waals surface area contributed by atoms with E-state index in [-0.39, 0.29) is 29.6 Å². The van der Waals surface area contributed by atoms with Crippen molar-refractivity contribution in [2.45, 2.75) is 19.3 Å². The number of carbonyl (C=O) groups is 2. The van der Waals surface area contributed by atoms with Gasteiger partial charge in [0.1, 0.15) is 12.6 Å². The Balaban J connectivity index is -0.0000000700. The van der Waals surface area contributed by atoms with Crippen molar-refractivity contribution in [3.63, 3.8) is 0 Å². The molecule has 2 N–H and O–H groups in total. The summed E-state index contributed by atoms with van der Waals surface area (Å²) in [6, 6.07) is 0. The molecule has 0 aliphatic rings. The molecule has 11 heteroatoms. The summed E-state index contributed by atoms with van der Waals surface area (Å²) in [6.45, 7) is 0. The molecule has 16 heavy (non-hydrogen) atoms. The van der Waals surface area contributed by atoms with Gasteiger partial charge < -0.3 is 27.8 Å². The Hall–Kier alpha value is 0.480. The SMILES string of the molecule is O=CCCCC=O.O=S([O-])O.O=S([O-])O.[Na+]. The predicted octanol–water partition coefficient (Wildman–Crippen LogP) is -3.76. The Morgan fingerprint density at radius 2 is 1.12 bits per heavy atom. The Kier molecular flexibility index (Phi) is 39.0. The molecule has 0 radical (unpaired) electrons. The minimum Gasteiger partial charge on any atom is -0.750 e. The van der Waals surface area contributed by atoms with Gasteiger partial charge in [-0.15, -0.1) is 0 Å². The number of hydrogen-bond donors (Lipinski definition) is 2. The number of unbranched alkanes of at least 4 members (excludes halogenated alkanes) is 2. The van der Waals surface area contributed by atoms with Gasteiger partial charge in [0.05, 0.1) is 22.7 Å². The zero-order valence-electron chi connectivity index (χ0n) is 8.44. The normalized spacial score (nSPS) is 11.2. The molecule has 0 amide bonds. The Bertz CT molecular complexity index is 171. The number of aldehydes is 2. The van der Waals surface area contributed by atoms with Crippen molar-refractivity contribution in [3.8, 4) is 0 Å². The van der Waals surface area contributed by atoms with E-state index in [9.17, 15) is 9.59 Å². The third-order valence-electron chi connectivity index (χ3n) is 0.644. The zero-order chi connectivity index (χ0) is 12.7. The first-order valence-electron chi connectivity index (χ1n) is 3.32. The van der Waals surface area contributed by atoms with Crippen LogP contribution in [0.4, 0.5) is 0 Å². The van der Waals surface area contributed by atoms with Gasteiger partial charge in [-0.1, -0.05) is 0 Å². The van der Waals surface area contributed by atoms with E-state index in [2.05, 4.69) is 0 Å². The van der Waals surface area contributed by atoms with Gasteiger partial charge in [-0.2, -0.15) is 0 Å². The van der Waals surface area contributed by atoms with Gasteiger partial charge in [0.25, 0.3) is 0 Å². The third kappa shape index (κ3) is 131. The minimum absolute atomic E-state index is 0. The fraction of sp³-hybridized carbons (Fsp3) is 0.600. The van der Waals surface area contributed by atoms with Crippen LogP contribution in [0.5, 0.6) is 0 Å². The van der Waals surface area contributed by atoms with Crippen LogP contribution in [-0.2, 0) is 32.3 Å². The molecule has 0 saturated heterocycles. The maximum atomic E-state index is 9.56. The maximum absolute atomic E-state index is 9.56. The van der Waals surface area contributed by atoms with Crippen molar-refractivity contribution < 1.29 is 65.8 Å². The third-order valence-corrected chi connectivity index (χ3v) is 0.644. The average molecular weight is 285 g/mol. The first kappa shape index (κ1) is 25.4. The quantitative estimate of drug-likeness (QED) is 0.231. The fourth-order valence-corrected chi connectivity index (χ4v) is 0.285. The zero-order valence-corrected chi connectivity index (χ0v) is 12.1. The van der Waals surface area contributed by atoms with Gasteiger partial charge in [-0.05, 0) is 6.42 Å². The van der Waals surface area contributed by atoms with E-state index in [1.165, 1.54) is 0 Å². The standard InChI is InChI=1S/C5H8O2.Na.2H2O3S/c6-4-2-1-3-5-7;;2*1-4(2)3/h4-5H,1-3H2;;2*(H2,1,2,3)/q;+1;;/p-2. The van der Waals surface area contributed by atoms with Crippen LogP contribution >= 0.6 is 0 Å². The monoisotopic (exact) mass is 285 g/mol. The average Bonchev–Trinajstić information content (AvgIpc) is 2.03. The van der Waals surface area contributed by atoms with Gasteiger partial charge in [0.2, 0.25) is 0 Å². The molecule has 8 nitrogen and oxygen atoms in total. The van der Waals surface area contributed by atoms with E-state index in [0.717, 1.165) is 12.6 Å². The summed E-state index contributed by atoms with van der Waals surface area (Å²) >= 11 is -5.72. The van der Waals surface area contributed by atoms with Crippen molar-refractivity contribution in [1.29, 1.82) is 0 Å². The molecule has 0 aliphatic carbocycles. The molecule has 0 fully saturated rings. The second kappa shape index (κ2) is 24.6. The molecule has 2 unspecified atom stereocenters. The van der Waals surface area contributed by atoms with E-state index in [0.29, 0.717) is 19.3 Å². The molecule has 0 aliphatic heterocycles. The summed E-state index contributed by atoms with van der Waals surface area (Å²) in [5.41, 5.74) is 0. The largest absolute Gasteiger partial charge is 1.00 e. The first-order chi connectivity index (χ1) is 6.88. The second-order valence-electron chi connectivity index (χ2n) is 1.70.